The summed E-state index contributed by atoms with van der Waals surface area (Å²) in [6.45, 7) is 2.23. The smallest absolute Gasteiger partial charge is 0.0152 e. The van der Waals surface area contributed by atoms with Crippen LogP contribution in [0.25, 0.3) is 0 Å². The molecule has 1 heteroatoms. The molecule has 2 aliphatic carbocycles. The fourth-order valence-electron chi connectivity index (χ4n) is 2.66. The van der Waals surface area contributed by atoms with Crippen molar-refractivity contribution in [2.24, 2.45) is 11.8 Å². The van der Waals surface area contributed by atoms with Crippen molar-refractivity contribution >= 4 is 15.9 Å². The summed E-state index contributed by atoms with van der Waals surface area (Å²) in [6.07, 6.45) is 9.62. The first kappa shape index (κ1) is 8.80. The van der Waals surface area contributed by atoms with Crippen LogP contribution in [-0.4, -0.2) is 4.83 Å². The maximum absolute atomic E-state index is 3.59. The van der Waals surface area contributed by atoms with E-state index in [9.17, 15) is 0 Å². The van der Waals surface area contributed by atoms with E-state index in [0.717, 1.165) is 11.8 Å². The zero-order chi connectivity index (χ0) is 8.55. The molecule has 12 heavy (non-hydrogen) atoms. The lowest BCUT2D eigenvalue weighted by atomic mass is 9.94. The molecule has 3 atom stereocenters. The maximum atomic E-state index is 3.59. The maximum Gasteiger partial charge on any atom is 0.0152 e. The van der Waals surface area contributed by atoms with E-state index in [1.165, 1.54) is 32.1 Å². The van der Waals surface area contributed by atoms with Gasteiger partial charge >= 0.3 is 0 Å². The normalized spacial score (nSPS) is 39.3. The second-order valence-electron chi connectivity index (χ2n) is 4.38. The molecule has 68 valence electrons. The molecule has 0 nitrogen and oxygen atoms in total. The molecule has 2 saturated carbocycles. The van der Waals surface area contributed by atoms with E-state index >= 15 is 0 Å². The zero-order valence-electron chi connectivity index (χ0n) is 7.72. The van der Waals surface area contributed by atoms with E-state index in [2.05, 4.69) is 28.9 Å². The van der Waals surface area contributed by atoms with Crippen molar-refractivity contribution in [3.63, 3.8) is 0 Å². The lowest BCUT2D eigenvalue weighted by Gasteiger charge is -2.13. The molecule has 2 rings (SSSR count). The van der Waals surface area contributed by atoms with Crippen LogP contribution < -0.4 is 0 Å². The van der Waals surface area contributed by atoms with Gasteiger partial charge in [0, 0.05) is 4.83 Å². The van der Waals surface area contributed by atoms with Gasteiger partial charge in [-0.2, -0.15) is 0 Å². The van der Waals surface area contributed by atoms with Crippen LogP contribution in [0.2, 0.25) is 0 Å². The van der Waals surface area contributed by atoms with Crippen molar-refractivity contribution in [1.82, 2.24) is 0 Å². The summed E-state index contributed by atoms with van der Waals surface area (Å²) in [5.74, 6) is 2.05. The second-order valence-corrected chi connectivity index (χ2v) is 5.94. The first-order valence-electron chi connectivity index (χ1n) is 5.08. The number of hydrogen-bond donors (Lipinski definition) is 0. The lowest BCUT2D eigenvalue weighted by Crippen LogP contribution is -1.99. The SMILES string of the molecule is CC(Br)CC=C1CC2CCC1C2. The van der Waals surface area contributed by atoms with Crippen LogP contribution in [-0.2, 0) is 0 Å². The Morgan fingerprint density at radius 2 is 2.42 bits per heavy atom. The van der Waals surface area contributed by atoms with E-state index in [-0.39, 0.29) is 0 Å². The molecule has 0 aliphatic heterocycles. The van der Waals surface area contributed by atoms with E-state index in [0.29, 0.717) is 4.83 Å². The molecule has 2 fully saturated rings. The van der Waals surface area contributed by atoms with Gasteiger partial charge in [-0.3, -0.25) is 0 Å². The highest BCUT2D eigenvalue weighted by molar-refractivity contribution is 9.09. The fourth-order valence-corrected chi connectivity index (χ4v) is 2.85. The van der Waals surface area contributed by atoms with Gasteiger partial charge in [0.1, 0.15) is 0 Å². The summed E-state index contributed by atoms with van der Waals surface area (Å²) in [5, 5.41) is 0. The molecule has 0 aromatic carbocycles. The van der Waals surface area contributed by atoms with Gasteiger partial charge < -0.3 is 0 Å². The Morgan fingerprint density at radius 3 is 2.92 bits per heavy atom. The Bertz CT molecular complexity index is 193. The Hall–Kier alpha value is 0.220. The van der Waals surface area contributed by atoms with Crippen LogP contribution in [0.5, 0.6) is 0 Å². The number of fused-ring (bicyclic) bond motifs is 2. The van der Waals surface area contributed by atoms with E-state index < -0.39 is 0 Å². The molecule has 2 aliphatic rings. The average molecular weight is 229 g/mol. The number of halogens is 1. The first-order valence-corrected chi connectivity index (χ1v) is 6.00. The third kappa shape index (κ3) is 1.76. The minimum atomic E-state index is 0.657. The predicted molar refractivity (Wildman–Crippen MR) is 56.5 cm³/mol. The van der Waals surface area contributed by atoms with E-state index in [4.69, 9.17) is 0 Å². The van der Waals surface area contributed by atoms with Crippen LogP contribution in [0.1, 0.15) is 39.0 Å². The predicted octanol–water partition coefficient (Wildman–Crippen LogP) is 3.91. The minimum Gasteiger partial charge on any atom is -0.0890 e. The second kappa shape index (κ2) is 3.53. The molecule has 0 aromatic heterocycles. The van der Waals surface area contributed by atoms with Crippen LogP contribution in [0.15, 0.2) is 11.6 Å². The number of rotatable bonds is 2. The number of hydrogen-bond acceptors (Lipinski definition) is 0. The molecule has 0 saturated heterocycles. The third-order valence-corrected chi connectivity index (χ3v) is 3.67. The molecule has 0 radical (unpaired) electrons. The minimum absolute atomic E-state index is 0.657. The van der Waals surface area contributed by atoms with Gasteiger partial charge in [-0.05, 0) is 43.9 Å². The first-order chi connectivity index (χ1) is 5.75. The standard InChI is InChI=1S/C11H17Br/c1-8(12)2-4-10-6-9-3-5-11(10)7-9/h4,8-9,11H,2-3,5-7H2,1H3. The Kier molecular flexibility index (Phi) is 2.59. The van der Waals surface area contributed by atoms with Crippen LogP contribution >= 0.6 is 15.9 Å². The Labute approximate surface area is 83.6 Å². The van der Waals surface area contributed by atoms with Gasteiger partial charge in [0.2, 0.25) is 0 Å². The highest BCUT2D eigenvalue weighted by Gasteiger charge is 2.34. The van der Waals surface area contributed by atoms with Gasteiger partial charge in [0.25, 0.3) is 0 Å². The Morgan fingerprint density at radius 1 is 1.58 bits per heavy atom. The van der Waals surface area contributed by atoms with Crippen LogP contribution in [0.4, 0.5) is 0 Å². The van der Waals surface area contributed by atoms with Crippen molar-refractivity contribution in [2.45, 2.75) is 43.9 Å². The highest BCUT2D eigenvalue weighted by Crippen LogP contribution is 2.48. The molecular weight excluding hydrogens is 212 g/mol. The molecule has 0 amide bonds. The Balaban J connectivity index is 1.93. The van der Waals surface area contributed by atoms with Crippen LogP contribution in [0, 0.1) is 11.8 Å². The van der Waals surface area contributed by atoms with Crippen molar-refractivity contribution in [2.75, 3.05) is 0 Å². The number of alkyl halides is 1. The topological polar surface area (TPSA) is 0 Å². The summed E-state index contributed by atoms with van der Waals surface area (Å²) in [7, 11) is 0. The largest absolute Gasteiger partial charge is 0.0890 e. The summed E-state index contributed by atoms with van der Waals surface area (Å²) in [6, 6.07) is 0. The third-order valence-electron chi connectivity index (χ3n) is 3.29. The van der Waals surface area contributed by atoms with Gasteiger partial charge in [-0.25, -0.2) is 0 Å². The summed E-state index contributed by atoms with van der Waals surface area (Å²) >= 11 is 3.59. The molecule has 0 aromatic rings. The summed E-state index contributed by atoms with van der Waals surface area (Å²) in [4.78, 5) is 0.657. The van der Waals surface area contributed by atoms with Gasteiger partial charge in [0.15, 0.2) is 0 Å². The molecule has 2 bridgehead atoms. The van der Waals surface area contributed by atoms with Gasteiger partial charge in [0.05, 0.1) is 0 Å². The van der Waals surface area contributed by atoms with Crippen molar-refractivity contribution < 1.29 is 0 Å². The van der Waals surface area contributed by atoms with Crippen molar-refractivity contribution in [3.05, 3.63) is 11.6 Å². The van der Waals surface area contributed by atoms with Gasteiger partial charge in [-0.15, -0.1) is 0 Å². The van der Waals surface area contributed by atoms with Gasteiger partial charge in [-0.1, -0.05) is 34.5 Å². The highest BCUT2D eigenvalue weighted by atomic mass is 79.9. The number of allylic oxidation sites excluding steroid dienone is 2. The quantitative estimate of drug-likeness (QED) is 0.497. The molecule has 0 spiro atoms. The van der Waals surface area contributed by atoms with E-state index in [1.54, 1.807) is 5.57 Å². The van der Waals surface area contributed by atoms with Crippen molar-refractivity contribution in [3.8, 4) is 0 Å². The summed E-state index contributed by atoms with van der Waals surface area (Å²) < 4.78 is 0. The van der Waals surface area contributed by atoms with Crippen LogP contribution in [0.3, 0.4) is 0 Å². The molecule has 0 N–H and O–H groups in total. The molecule has 0 heterocycles. The monoisotopic (exact) mass is 228 g/mol. The summed E-state index contributed by atoms with van der Waals surface area (Å²) in [5.41, 5.74) is 1.78. The zero-order valence-corrected chi connectivity index (χ0v) is 9.31. The lowest BCUT2D eigenvalue weighted by molar-refractivity contribution is 0.559. The molecular formula is C11H17Br. The average Bonchev–Trinajstić information content (AvgIpc) is 2.60. The molecule has 3 unspecified atom stereocenters. The van der Waals surface area contributed by atoms with E-state index in [1.807, 2.05) is 0 Å². The van der Waals surface area contributed by atoms with Crippen molar-refractivity contribution in [1.29, 1.82) is 0 Å². The fraction of sp³-hybridized carbons (Fsp3) is 0.818.